The highest BCUT2D eigenvalue weighted by molar-refractivity contribution is 5.87. The molecule has 1 aliphatic carbocycles. The van der Waals surface area contributed by atoms with Crippen molar-refractivity contribution < 1.29 is 9.90 Å². The monoisotopic (exact) mass is 277 g/mol. The molecule has 4 nitrogen and oxygen atoms in total. The van der Waals surface area contributed by atoms with Gasteiger partial charge < -0.3 is 9.67 Å². The van der Waals surface area contributed by atoms with Gasteiger partial charge in [-0.25, -0.2) is 4.79 Å². The van der Waals surface area contributed by atoms with Crippen LogP contribution in [-0.4, -0.2) is 15.6 Å². The maximum absolute atomic E-state index is 12.4. The Hall–Kier alpha value is -1.58. The highest BCUT2D eigenvalue weighted by Gasteiger charge is 2.19. The Kier molecular flexibility index (Phi) is 4.99. The molecule has 0 aliphatic heterocycles. The molecule has 0 radical (unpaired) electrons. The molecule has 1 N–H and O–H groups in total. The van der Waals surface area contributed by atoms with Crippen molar-refractivity contribution in [2.75, 3.05) is 0 Å². The van der Waals surface area contributed by atoms with Crippen molar-refractivity contribution in [1.29, 1.82) is 0 Å². The Bertz CT molecular complexity index is 545. The molecular weight excluding hydrogens is 254 g/mol. The van der Waals surface area contributed by atoms with Crippen LogP contribution in [0, 0.1) is 0 Å². The van der Waals surface area contributed by atoms with E-state index in [1.165, 1.54) is 12.8 Å². The van der Waals surface area contributed by atoms with Crippen LogP contribution in [0.15, 0.2) is 10.9 Å². The Morgan fingerprint density at radius 2 is 1.95 bits per heavy atom. The molecule has 0 saturated carbocycles. The zero-order valence-electron chi connectivity index (χ0n) is 12.2. The summed E-state index contributed by atoms with van der Waals surface area (Å²) in [6, 6.07) is 1.62. The Morgan fingerprint density at radius 3 is 2.60 bits per heavy atom. The maximum Gasteiger partial charge on any atom is 0.341 e. The molecule has 0 saturated heterocycles. The lowest BCUT2D eigenvalue weighted by Gasteiger charge is -2.20. The van der Waals surface area contributed by atoms with Gasteiger partial charge in [-0.15, -0.1) is 0 Å². The van der Waals surface area contributed by atoms with E-state index in [0.29, 0.717) is 6.54 Å². The second-order valence-electron chi connectivity index (χ2n) is 5.56. The van der Waals surface area contributed by atoms with Crippen molar-refractivity contribution in [2.24, 2.45) is 0 Å². The zero-order valence-corrected chi connectivity index (χ0v) is 12.2. The Labute approximate surface area is 119 Å². The third-order valence-electron chi connectivity index (χ3n) is 4.07. The highest BCUT2D eigenvalue weighted by Crippen LogP contribution is 2.20. The topological polar surface area (TPSA) is 59.3 Å². The van der Waals surface area contributed by atoms with E-state index in [1.807, 2.05) is 0 Å². The number of pyridine rings is 1. The summed E-state index contributed by atoms with van der Waals surface area (Å²) >= 11 is 0. The number of nitrogens with zero attached hydrogens (tertiary/aromatic N) is 1. The van der Waals surface area contributed by atoms with Gasteiger partial charge in [0.05, 0.1) is 0 Å². The Morgan fingerprint density at radius 1 is 1.25 bits per heavy atom. The minimum Gasteiger partial charge on any atom is -0.477 e. The van der Waals surface area contributed by atoms with Crippen LogP contribution in [0.3, 0.4) is 0 Å². The molecule has 20 heavy (non-hydrogen) atoms. The molecule has 0 bridgehead atoms. The van der Waals surface area contributed by atoms with E-state index < -0.39 is 5.97 Å². The number of hydrogen-bond acceptors (Lipinski definition) is 2. The maximum atomic E-state index is 12.4. The van der Waals surface area contributed by atoms with Gasteiger partial charge in [0.1, 0.15) is 5.56 Å². The van der Waals surface area contributed by atoms with E-state index >= 15 is 0 Å². The van der Waals surface area contributed by atoms with Crippen LogP contribution in [0.5, 0.6) is 0 Å². The van der Waals surface area contributed by atoms with Crippen molar-refractivity contribution in [2.45, 2.75) is 64.8 Å². The number of aryl methyl sites for hydroxylation is 1. The van der Waals surface area contributed by atoms with Crippen LogP contribution >= 0.6 is 0 Å². The lowest BCUT2D eigenvalue weighted by Crippen LogP contribution is -2.31. The zero-order chi connectivity index (χ0) is 14.5. The number of aromatic carboxylic acids is 1. The normalized spacial score (nSPS) is 15.2. The van der Waals surface area contributed by atoms with Crippen LogP contribution in [0.25, 0.3) is 0 Å². The number of fused-ring (bicyclic) bond motifs is 1. The van der Waals surface area contributed by atoms with Crippen LogP contribution in [0.4, 0.5) is 0 Å². The summed E-state index contributed by atoms with van der Waals surface area (Å²) in [6.07, 6.45) is 8.26. The average molecular weight is 277 g/mol. The summed E-state index contributed by atoms with van der Waals surface area (Å²) in [5.41, 5.74) is 1.75. The standard InChI is InChI=1S/C16H23NO3/c1-2-3-10-17-14-9-7-5-4-6-8-12(14)11-13(15(17)18)16(19)20/h11H,2-10H2,1H3,(H,19,20). The molecule has 1 aliphatic rings. The molecule has 1 aromatic rings. The van der Waals surface area contributed by atoms with Gasteiger partial charge in [-0.1, -0.05) is 26.2 Å². The van der Waals surface area contributed by atoms with Gasteiger partial charge in [0.15, 0.2) is 0 Å². The van der Waals surface area contributed by atoms with Gasteiger partial charge >= 0.3 is 5.97 Å². The third kappa shape index (κ3) is 3.11. The molecule has 110 valence electrons. The lowest BCUT2D eigenvalue weighted by atomic mass is 9.95. The average Bonchev–Trinajstić information content (AvgIpc) is 2.39. The van der Waals surface area contributed by atoms with Gasteiger partial charge in [-0.3, -0.25) is 4.79 Å². The number of carboxylic acids is 1. The first kappa shape index (κ1) is 14.8. The van der Waals surface area contributed by atoms with Gasteiger partial charge in [0, 0.05) is 12.2 Å². The van der Waals surface area contributed by atoms with Crippen molar-refractivity contribution in [1.82, 2.24) is 4.57 Å². The van der Waals surface area contributed by atoms with E-state index in [4.69, 9.17) is 0 Å². The predicted octanol–water partition coefficient (Wildman–Crippen LogP) is 3.01. The summed E-state index contributed by atoms with van der Waals surface area (Å²) in [5.74, 6) is -1.11. The van der Waals surface area contributed by atoms with Crippen LogP contribution < -0.4 is 5.56 Å². The highest BCUT2D eigenvalue weighted by atomic mass is 16.4. The van der Waals surface area contributed by atoms with Crippen LogP contribution in [0.1, 0.15) is 67.1 Å². The minimum absolute atomic E-state index is 0.0690. The Balaban J connectivity index is 2.54. The number of carboxylic acid groups (broad SMARTS) is 1. The number of aromatic nitrogens is 1. The molecule has 0 fully saturated rings. The first-order valence-corrected chi connectivity index (χ1v) is 7.64. The molecule has 1 heterocycles. The van der Waals surface area contributed by atoms with Gasteiger partial charge in [-0.2, -0.15) is 0 Å². The van der Waals surface area contributed by atoms with Gasteiger partial charge in [-0.05, 0) is 43.7 Å². The minimum atomic E-state index is -1.11. The molecule has 4 heteroatoms. The fraction of sp³-hybridized carbons (Fsp3) is 0.625. The second-order valence-corrected chi connectivity index (χ2v) is 5.56. The number of unbranched alkanes of at least 4 members (excludes halogenated alkanes) is 1. The van der Waals surface area contributed by atoms with E-state index in [0.717, 1.165) is 49.8 Å². The summed E-state index contributed by atoms with van der Waals surface area (Å²) in [6.45, 7) is 2.72. The van der Waals surface area contributed by atoms with Crippen LogP contribution in [0.2, 0.25) is 0 Å². The molecule has 2 rings (SSSR count). The van der Waals surface area contributed by atoms with E-state index in [1.54, 1.807) is 10.6 Å². The van der Waals surface area contributed by atoms with Crippen molar-refractivity contribution in [3.05, 3.63) is 33.2 Å². The molecule has 0 aromatic carbocycles. The first-order valence-electron chi connectivity index (χ1n) is 7.64. The number of hydrogen-bond donors (Lipinski definition) is 1. The second kappa shape index (κ2) is 6.73. The first-order chi connectivity index (χ1) is 9.65. The van der Waals surface area contributed by atoms with Crippen molar-refractivity contribution in [3.63, 3.8) is 0 Å². The lowest BCUT2D eigenvalue weighted by molar-refractivity contribution is 0.0694. The summed E-state index contributed by atoms with van der Waals surface area (Å²) in [4.78, 5) is 23.6. The molecule has 1 aromatic heterocycles. The number of carbonyl (C=O) groups is 1. The molecule has 0 spiro atoms. The largest absolute Gasteiger partial charge is 0.477 e. The molecular formula is C16H23NO3. The summed E-state index contributed by atoms with van der Waals surface area (Å²) in [5, 5.41) is 9.23. The fourth-order valence-electron chi connectivity index (χ4n) is 2.94. The quantitative estimate of drug-likeness (QED) is 0.920. The third-order valence-corrected chi connectivity index (χ3v) is 4.07. The predicted molar refractivity (Wildman–Crippen MR) is 78.4 cm³/mol. The smallest absolute Gasteiger partial charge is 0.341 e. The van der Waals surface area contributed by atoms with Crippen molar-refractivity contribution in [3.8, 4) is 0 Å². The number of rotatable bonds is 4. The van der Waals surface area contributed by atoms with E-state index in [-0.39, 0.29) is 11.1 Å². The van der Waals surface area contributed by atoms with Gasteiger partial charge in [0.25, 0.3) is 5.56 Å². The summed E-state index contributed by atoms with van der Waals surface area (Å²) in [7, 11) is 0. The fourth-order valence-corrected chi connectivity index (χ4v) is 2.94. The summed E-state index contributed by atoms with van der Waals surface area (Å²) < 4.78 is 1.73. The van der Waals surface area contributed by atoms with E-state index in [2.05, 4.69) is 6.92 Å². The molecule has 0 amide bonds. The van der Waals surface area contributed by atoms with Crippen LogP contribution in [-0.2, 0) is 19.4 Å². The molecule has 0 unspecified atom stereocenters. The SMILES string of the molecule is CCCCn1c2c(cc(C(=O)O)c1=O)CCCCCC2. The molecule has 0 atom stereocenters. The van der Waals surface area contributed by atoms with Crippen molar-refractivity contribution >= 4 is 5.97 Å². The van der Waals surface area contributed by atoms with Gasteiger partial charge in [0.2, 0.25) is 0 Å². The van der Waals surface area contributed by atoms with E-state index in [9.17, 15) is 14.7 Å².